The molecule has 0 saturated heterocycles. The maximum Gasteiger partial charge on any atom is 0.407 e. The maximum absolute atomic E-state index is 13.6. The van der Waals surface area contributed by atoms with Crippen molar-refractivity contribution in [2.75, 3.05) is 36.1 Å². The summed E-state index contributed by atoms with van der Waals surface area (Å²) in [5.74, 6) is 0.315. The molecule has 0 fully saturated rings. The smallest absolute Gasteiger partial charge is 0.407 e. The number of rotatable bonds is 11. The Kier molecular flexibility index (Phi) is 9.62. The van der Waals surface area contributed by atoms with Gasteiger partial charge >= 0.3 is 6.09 Å². The number of carbonyl (C=O) groups excluding carboxylic acids is 1. The van der Waals surface area contributed by atoms with Gasteiger partial charge in [0.15, 0.2) is 5.82 Å². The first-order valence-corrected chi connectivity index (χ1v) is 14.0. The molecule has 11 nitrogen and oxygen atoms in total. The molecular formula is C26H33FN6O5S. The van der Waals surface area contributed by atoms with E-state index in [-0.39, 0.29) is 24.1 Å². The largest absolute Gasteiger partial charge is 0.496 e. The normalized spacial score (nSPS) is 11.5. The second kappa shape index (κ2) is 12.7. The van der Waals surface area contributed by atoms with E-state index in [0.717, 1.165) is 6.26 Å². The topological polar surface area (TPSA) is 136 Å². The summed E-state index contributed by atoms with van der Waals surface area (Å²) >= 11 is 0. The fourth-order valence-electron chi connectivity index (χ4n) is 3.58. The van der Waals surface area contributed by atoms with Crippen LogP contribution in [0, 0.1) is 5.82 Å². The third-order valence-electron chi connectivity index (χ3n) is 5.22. The molecule has 0 aliphatic carbocycles. The molecule has 0 spiro atoms. The molecule has 0 radical (unpaired) electrons. The number of hydrogen-bond donors (Lipinski definition) is 2. The quantitative estimate of drug-likeness (QED) is 0.325. The van der Waals surface area contributed by atoms with Gasteiger partial charge in [-0.05, 0) is 63.9 Å². The van der Waals surface area contributed by atoms with E-state index in [9.17, 15) is 17.6 Å². The van der Waals surface area contributed by atoms with Crippen molar-refractivity contribution in [3.05, 3.63) is 54.6 Å². The number of benzene rings is 2. The summed E-state index contributed by atoms with van der Waals surface area (Å²) < 4.78 is 50.5. The van der Waals surface area contributed by atoms with Gasteiger partial charge in [-0.25, -0.2) is 27.6 Å². The highest BCUT2D eigenvalue weighted by Gasteiger charge is 2.19. The first kappa shape index (κ1) is 29.6. The van der Waals surface area contributed by atoms with Gasteiger partial charge in [0.2, 0.25) is 16.0 Å². The summed E-state index contributed by atoms with van der Waals surface area (Å²) in [5, 5.41) is 5.73. The number of carbonyl (C=O) groups is 1. The number of amides is 1. The number of nitrogens with zero attached hydrogens (tertiary/aromatic N) is 4. The first-order valence-electron chi connectivity index (χ1n) is 12.2. The van der Waals surface area contributed by atoms with E-state index in [0.29, 0.717) is 36.3 Å². The molecule has 39 heavy (non-hydrogen) atoms. The van der Waals surface area contributed by atoms with Crippen molar-refractivity contribution in [2.24, 2.45) is 0 Å². The van der Waals surface area contributed by atoms with Crippen molar-refractivity contribution in [1.29, 1.82) is 0 Å². The summed E-state index contributed by atoms with van der Waals surface area (Å²) in [4.78, 5) is 24.5. The van der Waals surface area contributed by atoms with Gasteiger partial charge in [0.25, 0.3) is 0 Å². The van der Waals surface area contributed by atoms with Gasteiger partial charge in [0, 0.05) is 24.8 Å². The Labute approximate surface area is 227 Å². The van der Waals surface area contributed by atoms with Gasteiger partial charge in [0.1, 0.15) is 23.5 Å². The molecule has 1 heterocycles. The number of ether oxygens (including phenoxy) is 2. The number of alkyl carbamates (subject to hydrolysis) is 1. The molecule has 0 unspecified atom stereocenters. The van der Waals surface area contributed by atoms with Gasteiger partial charge in [0.05, 0.1) is 24.6 Å². The summed E-state index contributed by atoms with van der Waals surface area (Å²) in [7, 11) is -2.16. The Balaban J connectivity index is 1.69. The van der Waals surface area contributed by atoms with Crippen molar-refractivity contribution < 1.29 is 27.1 Å². The van der Waals surface area contributed by atoms with Crippen molar-refractivity contribution in [3.8, 4) is 17.1 Å². The molecule has 0 aliphatic rings. The molecule has 1 aromatic heterocycles. The summed E-state index contributed by atoms with van der Waals surface area (Å²) in [6, 6.07) is 10.9. The number of methoxy groups -OCH3 is 1. The third kappa shape index (κ3) is 9.06. The van der Waals surface area contributed by atoms with Crippen LogP contribution in [0.25, 0.3) is 11.4 Å². The zero-order valence-electron chi connectivity index (χ0n) is 22.6. The molecule has 3 rings (SSSR count). The zero-order chi connectivity index (χ0) is 28.6. The van der Waals surface area contributed by atoms with E-state index in [1.165, 1.54) is 35.9 Å². The number of hydrogen-bond acceptors (Lipinski definition) is 9. The van der Waals surface area contributed by atoms with Gasteiger partial charge < -0.3 is 20.1 Å². The highest BCUT2D eigenvalue weighted by atomic mass is 32.2. The van der Waals surface area contributed by atoms with Crippen LogP contribution in [0.1, 0.15) is 33.6 Å². The van der Waals surface area contributed by atoms with Crippen LogP contribution in [0.3, 0.4) is 0 Å². The van der Waals surface area contributed by atoms with Crippen LogP contribution in [0.5, 0.6) is 5.75 Å². The second-order valence-electron chi connectivity index (χ2n) is 9.62. The van der Waals surface area contributed by atoms with Crippen LogP contribution < -0.4 is 19.7 Å². The van der Waals surface area contributed by atoms with E-state index in [4.69, 9.17) is 9.47 Å². The molecule has 13 heteroatoms. The minimum absolute atomic E-state index is 0.211. The van der Waals surface area contributed by atoms with E-state index in [2.05, 4.69) is 25.6 Å². The number of anilines is 3. The average molecular weight is 561 g/mol. The lowest BCUT2D eigenvalue weighted by atomic mass is 10.2. The minimum atomic E-state index is -3.58. The molecule has 2 aromatic carbocycles. The first-order chi connectivity index (χ1) is 18.4. The van der Waals surface area contributed by atoms with Crippen LogP contribution in [0.4, 0.5) is 26.5 Å². The van der Waals surface area contributed by atoms with Gasteiger partial charge in [-0.15, -0.1) is 0 Å². The van der Waals surface area contributed by atoms with Crippen molar-refractivity contribution in [3.63, 3.8) is 0 Å². The lowest BCUT2D eigenvalue weighted by Crippen LogP contribution is -2.34. The van der Waals surface area contributed by atoms with Gasteiger partial charge in [-0.1, -0.05) is 6.07 Å². The minimum Gasteiger partial charge on any atom is -0.496 e. The molecule has 2 N–H and O–H groups in total. The fraction of sp³-hybridized carbons (Fsp3) is 0.385. The Morgan fingerprint density at radius 1 is 1.10 bits per heavy atom. The van der Waals surface area contributed by atoms with Crippen molar-refractivity contribution in [2.45, 2.75) is 39.2 Å². The molecule has 0 bridgehead atoms. The summed E-state index contributed by atoms with van der Waals surface area (Å²) in [5.41, 5.74) is 0.906. The Morgan fingerprint density at radius 3 is 2.56 bits per heavy atom. The van der Waals surface area contributed by atoms with Crippen LogP contribution in [-0.2, 0) is 14.8 Å². The van der Waals surface area contributed by atoms with Crippen LogP contribution >= 0.6 is 0 Å². The van der Waals surface area contributed by atoms with E-state index >= 15 is 0 Å². The lowest BCUT2D eigenvalue weighted by Gasteiger charge is -2.23. The van der Waals surface area contributed by atoms with Crippen LogP contribution in [0.2, 0.25) is 0 Å². The molecule has 0 saturated carbocycles. The molecular weight excluding hydrogens is 527 g/mol. The van der Waals surface area contributed by atoms with Crippen LogP contribution in [-0.4, -0.2) is 61.5 Å². The van der Waals surface area contributed by atoms with Crippen molar-refractivity contribution >= 4 is 33.4 Å². The molecule has 0 aliphatic heterocycles. The highest BCUT2D eigenvalue weighted by molar-refractivity contribution is 7.92. The molecule has 3 aromatic rings. The maximum atomic E-state index is 13.6. The van der Waals surface area contributed by atoms with E-state index < -0.39 is 27.5 Å². The lowest BCUT2D eigenvalue weighted by molar-refractivity contribution is 0.0527. The molecule has 1 amide bonds. The average Bonchev–Trinajstić information content (AvgIpc) is 2.84. The Morgan fingerprint density at radius 2 is 1.87 bits per heavy atom. The Hall–Kier alpha value is -4.00. The Bertz CT molecular complexity index is 1400. The zero-order valence-corrected chi connectivity index (χ0v) is 23.4. The van der Waals surface area contributed by atoms with E-state index in [1.54, 1.807) is 45.0 Å². The number of sulfonamides is 1. The predicted molar refractivity (Wildman–Crippen MR) is 147 cm³/mol. The number of aromatic nitrogens is 3. The van der Waals surface area contributed by atoms with Crippen LogP contribution in [0.15, 0.2) is 48.8 Å². The van der Waals surface area contributed by atoms with Gasteiger partial charge in [-0.2, -0.15) is 4.98 Å². The third-order valence-corrected chi connectivity index (χ3v) is 6.42. The second-order valence-corrected chi connectivity index (χ2v) is 11.5. The monoisotopic (exact) mass is 560 g/mol. The SMILES string of the molecule is COc1cc(F)ccc1-c1ncnc(Nc2cccc(N(CCCCNC(=O)OC(C)(C)C)S(C)(=O)=O)c2)n1. The number of nitrogens with one attached hydrogen (secondary N) is 2. The van der Waals surface area contributed by atoms with Crippen molar-refractivity contribution in [1.82, 2.24) is 20.3 Å². The molecule has 0 atom stereocenters. The number of unbranched alkanes of at least 4 members (excludes halogenated alkanes) is 1. The summed E-state index contributed by atoms with van der Waals surface area (Å²) in [6.45, 7) is 5.92. The standard InChI is InChI=1S/C26H33FN6O5S/c1-26(2,3)38-25(34)28-13-6-7-14-33(39(5,35)36)20-10-8-9-19(16-20)31-24-30-17-29-23(32-24)21-12-11-18(27)15-22(21)37-4/h8-12,15-17H,6-7,13-14H2,1-5H3,(H,28,34)(H,29,30,31,32). The number of halogens is 1. The fourth-order valence-corrected chi connectivity index (χ4v) is 4.53. The van der Waals surface area contributed by atoms with E-state index in [1.807, 2.05) is 0 Å². The van der Waals surface area contributed by atoms with Gasteiger partial charge in [-0.3, -0.25) is 4.31 Å². The molecule has 210 valence electrons. The summed E-state index contributed by atoms with van der Waals surface area (Å²) in [6.07, 6.45) is 3.01. The highest BCUT2D eigenvalue weighted by Crippen LogP contribution is 2.29. The predicted octanol–water partition coefficient (Wildman–Crippen LogP) is 4.50.